The number of anilines is 3. The van der Waals surface area contributed by atoms with E-state index in [1.54, 1.807) is 18.2 Å². The Labute approximate surface area is 190 Å². The highest BCUT2D eigenvalue weighted by molar-refractivity contribution is 6.37. The first-order chi connectivity index (χ1) is 15.0. The summed E-state index contributed by atoms with van der Waals surface area (Å²) >= 11 is 12.0. The molecular weight excluding hydrogens is 431 g/mol. The van der Waals surface area contributed by atoms with Gasteiger partial charge in [-0.2, -0.15) is 0 Å². The van der Waals surface area contributed by atoms with Gasteiger partial charge < -0.3 is 10.6 Å². The summed E-state index contributed by atoms with van der Waals surface area (Å²) < 4.78 is 0. The Balaban J connectivity index is 1.54. The number of aryl methyl sites for hydroxylation is 1. The van der Waals surface area contributed by atoms with Crippen LogP contribution in [-0.2, 0) is 0 Å². The van der Waals surface area contributed by atoms with Crippen LogP contribution in [-0.4, -0.2) is 15.9 Å². The van der Waals surface area contributed by atoms with Gasteiger partial charge in [-0.3, -0.25) is 4.79 Å². The molecule has 0 spiro atoms. The van der Waals surface area contributed by atoms with Crippen molar-refractivity contribution >= 4 is 46.3 Å². The zero-order valence-electron chi connectivity index (χ0n) is 16.6. The van der Waals surface area contributed by atoms with Gasteiger partial charge in [0, 0.05) is 28.0 Å². The number of benzene rings is 3. The molecule has 0 aliphatic rings. The van der Waals surface area contributed by atoms with Crippen LogP contribution in [0.2, 0.25) is 10.0 Å². The van der Waals surface area contributed by atoms with E-state index in [0.29, 0.717) is 32.9 Å². The summed E-state index contributed by atoms with van der Waals surface area (Å²) in [7, 11) is 0. The van der Waals surface area contributed by atoms with E-state index >= 15 is 0 Å². The number of carbonyl (C=O) groups is 1. The Morgan fingerprint density at radius 3 is 2.39 bits per heavy atom. The van der Waals surface area contributed by atoms with Crippen molar-refractivity contribution in [2.45, 2.75) is 6.92 Å². The molecule has 5 nitrogen and oxygen atoms in total. The smallest absolute Gasteiger partial charge is 0.257 e. The number of hydrogen-bond donors (Lipinski definition) is 2. The molecular formula is C24H18Cl2N4O. The maximum atomic E-state index is 12.6. The number of carbonyl (C=O) groups excluding carboxylic acids is 1. The van der Waals surface area contributed by atoms with Crippen LogP contribution in [0.4, 0.5) is 17.2 Å². The molecule has 0 unspecified atom stereocenters. The third-order valence-corrected chi connectivity index (χ3v) is 5.02. The fourth-order valence-corrected chi connectivity index (χ4v) is 3.58. The second kappa shape index (κ2) is 9.16. The first-order valence-corrected chi connectivity index (χ1v) is 10.3. The van der Waals surface area contributed by atoms with Gasteiger partial charge in [0.2, 0.25) is 0 Å². The minimum absolute atomic E-state index is 0.296. The van der Waals surface area contributed by atoms with Crippen LogP contribution in [0.3, 0.4) is 0 Å². The first-order valence-electron chi connectivity index (χ1n) is 9.52. The summed E-state index contributed by atoms with van der Waals surface area (Å²) in [6, 6.07) is 23.9. The number of rotatable bonds is 5. The van der Waals surface area contributed by atoms with Gasteiger partial charge in [0.05, 0.1) is 16.3 Å². The Morgan fingerprint density at radius 2 is 1.61 bits per heavy atom. The Bertz CT molecular complexity index is 1250. The predicted octanol–water partition coefficient (Wildman–Crippen LogP) is 6.75. The zero-order chi connectivity index (χ0) is 21.8. The molecule has 154 valence electrons. The molecule has 4 rings (SSSR count). The summed E-state index contributed by atoms with van der Waals surface area (Å²) in [4.78, 5) is 21.6. The standard InChI is InChI=1S/C24H18Cl2N4O/c1-15-27-22(16-6-3-2-4-7-16)14-23(28-15)29-18-8-5-9-19(13-18)30-24(31)20-11-10-17(25)12-21(20)26/h2-14H,1H3,(H,30,31)(H,27,28,29). The van der Waals surface area contributed by atoms with Crippen LogP contribution in [0, 0.1) is 6.92 Å². The number of aromatic nitrogens is 2. The third kappa shape index (κ3) is 5.20. The van der Waals surface area contributed by atoms with E-state index in [1.807, 2.05) is 61.5 Å². The van der Waals surface area contributed by atoms with Crippen molar-refractivity contribution in [3.8, 4) is 11.3 Å². The van der Waals surface area contributed by atoms with Crippen molar-refractivity contribution in [3.05, 3.63) is 100 Å². The van der Waals surface area contributed by atoms with Crippen LogP contribution in [0.15, 0.2) is 78.9 Å². The van der Waals surface area contributed by atoms with E-state index in [9.17, 15) is 4.79 Å². The highest BCUT2D eigenvalue weighted by Gasteiger charge is 2.12. The fourth-order valence-electron chi connectivity index (χ4n) is 3.08. The molecule has 0 aliphatic heterocycles. The van der Waals surface area contributed by atoms with Crippen LogP contribution in [0.1, 0.15) is 16.2 Å². The van der Waals surface area contributed by atoms with E-state index in [1.165, 1.54) is 6.07 Å². The van der Waals surface area contributed by atoms with Gasteiger partial charge in [-0.05, 0) is 43.3 Å². The van der Waals surface area contributed by atoms with Crippen LogP contribution in [0.5, 0.6) is 0 Å². The van der Waals surface area contributed by atoms with Crippen molar-refractivity contribution in [1.29, 1.82) is 0 Å². The molecule has 31 heavy (non-hydrogen) atoms. The molecule has 0 radical (unpaired) electrons. The Kier molecular flexibility index (Phi) is 6.16. The molecule has 4 aromatic rings. The topological polar surface area (TPSA) is 66.9 Å². The predicted molar refractivity (Wildman–Crippen MR) is 126 cm³/mol. The summed E-state index contributed by atoms with van der Waals surface area (Å²) in [5, 5.41) is 6.91. The molecule has 0 saturated heterocycles. The zero-order valence-corrected chi connectivity index (χ0v) is 18.1. The lowest BCUT2D eigenvalue weighted by Gasteiger charge is -2.11. The summed E-state index contributed by atoms with van der Waals surface area (Å²) in [5.41, 5.74) is 3.59. The number of amides is 1. The molecule has 7 heteroatoms. The largest absolute Gasteiger partial charge is 0.340 e. The van der Waals surface area contributed by atoms with Crippen molar-refractivity contribution < 1.29 is 4.79 Å². The summed E-state index contributed by atoms with van der Waals surface area (Å²) in [5.74, 6) is 1.00. The molecule has 0 fully saturated rings. The van der Waals surface area contributed by atoms with Crippen molar-refractivity contribution in [3.63, 3.8) is 0 Å². The first kappa shape index (κ1) is 20.8. The lowest BCUT2D eigenvalue weighted by Crippen LogP contribution is -2.12. The average Bonchev–Trinajstić information content (AvgIpc) is 2.74. The lowest BCUT2D eigenvalue weighted by molar-refractivity contribution is 0.102. The van der Waals surface area contributed by atoms with Crippen molar-refractivity contribution in [2.24, 2.45) is 0 Å². The van der Waals surface area contributed by atoms with Gasteiger partial charge in [-0.15, -0.1) is 0 Å². The van der Waals surface area contributed by atoms with Gasteiger partial charge in [0.15, 0.2) is 0 Å². The quantitative estimate of drug-likeness (QED) is 0.354. The normalized spacial score (nSPS) is 10.5. The van der Waals surface area contributed by atoms with Crippen molar-refractivity contribution in [2.75, 3.05) is 10.6 Å². The van der Waals surface area contributed by atoms with Gasteiger partial charge in [-0.25, -0.2) is 9.97 Å². The molecule has 1 aromatic heterocycles. The van der Waals surface area contributed by atoms with Gasteiger partial charge >= 0.3 is 0 Å². The second-order valence-corrected chi connectivity index (χ2v) is 7.68. The van der Waals surface area contributed by atoms with Crippen molar-refractivity contribution in [1.82, 2.24) is 9.97 Å². The maximum absolute atomic E-state index is 12.6. The lowest BCUT2D eigenvalue weighted by atomic mass is 10.1. The van der Waals surface area contributed by atoms with E-state index < -0.39 is 0 Å². The molecule has 1 heterocycles. The molecule has 0 atom stereocenters. The van der Waals surface area contributed by atoms with Crippen LogP contribution >= 0.6 is 23.2 Å². The second-order valence-electron chi connectivity index (χ2n) is 6.84. The highest BCUT2D eigenvalue weighted by atomic mass is 35.5. The monoisotopic (exact) mass is 448 g/mol. The molecule has 1 amide bonds. The summed E-state index contributed by atoms with van der Waals surface area (Å²) in [6.07, 6.45) is 0. The van der Waals surface area contributed by atoms with Gasteiger partial charge in [0.25, 0.3) is 5.91 Å². The number of nitrogens with zero attached hydrogens (tertiary/aromatic N) is 2. The fraction of sp³-hybridized carbons (Fsp3) is 0.0417. The van der Waals surface area contributed by atoms with Gasteiger partial charge in [-0.1, -0.05) is 59.6 Å². The average molecular weight is 449 g/mol. The van der Waals surface area contributed by atoms with E-state index in [2.05, 4.69) is 20.6 Å². The van der Waals surface area contributed by atoms with Gasteiger partial charge in [0.1, 0.15) is 11.6 Å². The Hall–Kier alpha value is -3.41. The number of nitrogens with one attached hydrogen (secondary N) is 2. The highest BCUT2D eigenvalue weighted by Crippen LogP contribution is 2.25. The third-order valence-electron chi connectivity index (χ3n) is 4.48. The van der Waals surface area contributed by atoms with E-state index in [-0.39, 0.29) is 5.91 Å². The van der Waals surface area contributed by atoms with Crippen LogP contribution in [0.25, 0.3) is 11.3 Å². The van der Waals surface area contributed by atoms with E-state index in [4.69, 9.17) is 23.2 Å². The number of halogens is 2. The minimum Gasteiger partial charge on any atom is -0.340 e. The number of hydrogen-bond acceptors (Lipinski definition) is 4. The SMILES string of the molecule is Cc1nc(Nc2cccc(NC(=O)c3ccc(Cl)cc3Cl)c2)cc(-c2ccccc2)n1. The Morgan fingerprint density at radius 1 is 0.839 bits per heavy atom. The maximum Gasteiger partial charge on any atom is 0.257 e. The molecule has 0 saturated carbocycles. The molecule has 0 aliphatic carbocycles. The minimum atomic E-state index is -0.317. The molecule has 0 bridgehead atoms. The molecule has 3 aromatic carbocycles. The summed E-state index contributed by atoms with van der Waals surface area (Å²) in [6.45, 7) is 1.85. The molecule has 2 N–H and O–H groups in total. The van der Waals surface area contributed by atoms with E-state index in [0.717, 1.165) is 16.9 Å². The van der Waals surface area contributed by atoms with Crippen LogP contribution < -0.4 is 10.6 Å².